The van der Waals surface area contributed by atoms with Crippen LogP contribution in [0.25, 0.3) is 0 Å². The summed E-state index contributed by atoms with van der Waals surface area (Å²) < 4.78 is 9.42. The van der Waals surface area contributed by atoms with Gasteiger partial charge >= 0.3 is 11.9 Å². The summed E-state index contributed by atoms with van der Waals surface area (Å²) in [4.78, 5) is 23.8. The summed E-state index contributed by atoms with van der Waals surface area (Å²) in [5.74, 6) is -1.05. The van der Waals surface area contributed by atoms with E-state index in [2.05, 4.69) is 4.74 Å². The van der Waals surface area contributed by atoms with Crippen LogP contribution < -0.4 is 5.73 Å². The van der Waals surface area contributed by atoms with Crippen molar-refractivity contribution in [2.24, 2.45) is 0 Å². The molecule has 1 heterocycles. The summed E-state index contributed by atoms with van der Waals surface area (Å²) in [7, 11) is 1.26. The van der Waals surface area contributed by atoms with Crippen LogP contribution in [-0.4, -0.2) is 25.7 Å². The van der Waals surface area contributed by atoms with Crippen LogP contribution in [0, 0.1) is 6.92 Å². The molecular weight excluding hydrogens is 230 g/mol. The Kier molecular flexibility index (Phi) is 3.89. The zero-order chi connectivity index (χ0) is 12.3. The van der Waals surface area contributed by atoms with Crippen LogP contribution in [0.2, 0.25) is 0 Å². The van der Waals surface area contributed by atoms with Gasteiger partial charge in [-0.05, 0) is 13.8 Å². The molecule has 0 bridgehead atoms. The lowest BCUT2D eigenvalue weighted by Gasteiger charge is -2.02. The third-order valence-corrected chi connectivity index (χ3v) is 3.07. The van der Waals surface area contributed by atoms with Gasteiger partial charge in [0.05, 0.1) is 25.0 Å². The Morgan fingerprint density at radius 1 is 1.38 bits per heavy atom. The third kappa shape index (κ3) is 2.16. The fourth-order valence-corrected chi connectivity index (χ4v) is 2.24. The Labute approximate surface area is 97.2 Å². The SMILES string of the molecule is CCOC(=O)c1c(C)sc(C(=O)OC)c1N. The maximum absolute atomic E-state index is 11.6. The molecule has 1 rings (SSSR count). The minimum atomic E-state index is -0.541. The molecule has 0 aliphatic carbocycles. The van der Waals surface area contributed by atoms with E-state index in [9.17, 15) is 9.59 Å². The molecule has 2 N–H and O–H groups in total. The van der Waals surface area contributed by atoms with Crippen molar-refractivity contribution in [3.63, 3.8) is 0 Å². The first-order valence-corrected chi connectivity index (χ1v) is 5.48. The number of carbonyl (C=O) groups excluding carboxylic acids is 2. The van der Waals surface area contributed by atoms with Crippen molar-refractivity contribution in [3.05, 3.63) is 15.3 Å². The van der Waals surface area contributed by atoms with Gasteiger partial charge in [-0.1, -0.05) is 0 Å². The Morgan fingerprint density at radius 2 is 2.00 bits per heavy atom. The molecule has 0 atom stereocenters. The number of ether oxygens (including phenoxy) is 2. The molecule has 0 spiro atoms. The van der Waals surface area contributed by atoms with E-state index in [1.165, 1.54) is 7.11 Å². The fraction of sp³-hybridized carbons (Fsp3) is 0.400. The molecule has 0 saturated heterocycles. The summed E-state index contributed by atoms with van der Waals surface area (Å²) in [6, 6.07) is 0. The van der Waals surface area contributed by atoms with Crippen molar-refractivity contribution in [1.82, 2.24) is 0 Å². The van der Waals surface area contributed by atoms with Crippen molar-refractivity contribution < 1.29 is 19.1 Å². The van der Waals surface area contributed by atoms with Crippen LogP contribution >= 0.6 is 11.3 Å². The molecule has 0 unspecified atom stereocenters. The van der Waals surface area contributed by atoms with Gasteiger partial charge in [0.15, 0.2) is 0 Å². The number of thiophene rings is 1. The minimum Gasteiger partial charge on any atom is -0.465 e. The summed E-state index contributed by atoms with van der Waals surface area (Å²) in [6.45, 7) is 3.68. The second-order valence-corrected chi connectivity index (χ2v) is 4.21. The normalized spacial score (nSPS) is 9.94. The van der Waals surface area contributed by atoms with Gasteiger partial charge in [-0.15, -0.1) is 11.3 Å². The van der Waals surface area contributed by atoms with E-state index in [4.69, 9.17) is 10.5 Å². The lowest BCUT2D eigenvalue weighted by atomic mass is 10.2. The van der Waals surface area contributed by atoms with Crippen LogP contribution in [0.15, 0.2) is 0 Å². The predicted molar refractivity (Wildman–Crippen MR) is 60.8 cm³/mol. The maximum atomic E-state index is 11.6. The maximum Gasteiger partial charge on any atom is 0.350 e. The molecule has 1 aromatic heterocycles. The van der Waals surface area contributed by atoms with E-state index in [0.717, 1.165) is 11.3 Å². The van der Waals surface area contributed by atoms with Gasteiger partial charge in [-0.25, -0.2) is 9.59 Å². The average Bonchev–Trinajstić information content (AvgIpc) is 2.53. The quantitative estimate of drug-likeness (QED) is 0.816. The highest BCUT2D eigenvalue weighted by molar-refractivity contribution is 7.15. The topological polar surface area (TPSA) is 78.6 Å². The average molecular weight is 243 g/mol. The van der Waals surface area contributed by atoms with Crippen LogP contribution in [0.3, 0.4) is 0 Å². The van der Waals surface area contributed by atoms with Crippen LogP contribution in [-0.2, 0) is 9.47 Å². The molecular formula is C10H13NO4S. The lowest BCUT2D eigenvalue weighted by Crippen LogP contribution is -2.09. The fourth-order valence-electron chi connectivity index (χ4n) is 1.26. The minimum absolute atomic E-state index is 0.132. The van der Waals surface area contributed by atoms with E-state index < -0.39 is 11.9 Å². The number of nitrogens with two attached hydrogens (primary N) is 1. The third-order valence-electron chi connectivity index (χ3n) is 1.97. The number of carbonyl (C=O) groups is 2. The van der Waals surface area contributed by atoms with Crippen LogP contribution in [0.5, 0.6) is 0 Å². The number of aryl methyl sites for hydroxylation is 1. The van der Waals surface area contributed by atoms with Crippen molar-refractivity contribution in [2.45, 2.75) is 13.8 Å². The van der Waals surface area contributed by atoms with Gasteiger partial charge in [0.25, 0.3) is 0 Å². The summed E-state index contributed by atoms with van der Waals surface area (Å²) >= 11 is 1.13. The largest absolute Gasteiger partial charge is 0.465 e. The second kappa shape index (κ2) is 4.98. The van der Waals surface area contributed by atoms with Crippen molar-refractivity contribution >= 4 is 29.0 Å². The first kappa shape index (κ1) is 12.5. The number of esters is 2. The molecule has 16 heavy (non-hydrogen) atoms. The smallest absolute Gasteiger partial charge is 0.350 e. The van der Waals surface area contributed by atoms with Crippen LogP contribution in [0.1, 0.15) is 31.8 Å². The lowest BCUT2D eigenvalue weighted by molar-refractivity contribution is 0.0527. The number of rotatable bonds is 3. The van der Waals surface area contributed by atoms with E-state index in [1.807, 2.05) is 0 Å². The first-order chi connectivity index (χ1) is 7.52. The molecule has 1 aromatic rings. The monoisotopic (exact) mass is 243 g/mol. The molecule has 88 valence electrons. The number of nitrogen functional groups attached to an aromatic ring is 1. The zero-order valence-corrected chi connectivity index (χ0v) is 10.1. The number of hydrogen-bond donors (Lipinski definition) is 1. The zero-order valence-electron chi connectivity index (χ0n) is 9.33. The van der Waals surface area contributed by atoms with Gasteiger partial charge in [0.1, 0.15) is 4.88 Å². The number of hydrogen-bond acceptors (Lipinski definition) is 6. The molecule has 0 radical (unpaired) electrons. The number of anilines is 1. The molecule has 5 nitrogen and oxygen atoms in total. The molecule has 0 fully saturated rings. The Morgan fingerprint density at radius 3 is 2.50 bits per heavy atom. The van der Waals surface area contributed by atoms with Crippen LogP contribution in [0.4, 0.5) is 5.69 Å². The van der Waals surface area contributed by atoms with Gasteiger partial charge in [-0.2, -0.15) is 0 Å². The van der Waals surface area contributed by atoms with Crippen molar-refractivity contribution in [3.8, 4) is 0 Å². The second-order valence-electron chi connectivity index (χ2n) is 2.99. The first-order valence-electron chi connectivity index (χ1n) is 4.67. The van der Waals surface area contributed by atoms with Gasteiger partial charge in [0.2, 0.25) is 0 Å². The molecule has 0 saturated carbocycles. The van der Waals surface area contributed by atoms with Gasteiger partial charge < -0.3 is 15.2 Å². The highest BCUT2D eigenvalue weighted by Gasteiger charge is 2.24. The Hall–Kier alpha value is -1.56. The summed E-state index contributed by atoms with van der Waals surface area (Å²) in [5.41, 5.74) is 6.11. The predicted octanol–water partition coefficient (Wildman–Crippen LogP) is 1.60. The summed E-state index contributed by atoms with van der Waals surface area (Å²) in [5, 5.41) is 0. The highest BCUT2D eigenvalue weighted by atomic mass is 32.1. The molecule has 6 heteroatoms. The van der Waals surface area contributed by atoms with E-state index in [0.29, 0.717) is 4.88 Å². The molecule has 0 aromatic carbocycles. The van der Waals surface area contributed by atoms with Crippen molar-refractivity contribution in [2.75, 3.05) is 19.5 Å². The molecule has 0 aliphatic heterocycles. The Balaban J connectivity index is 3.17. The molecule has 0 aliphatic rings. The molecule has 0 amide bonds. The van der Waals surface area contributed by atoms with E-state index in [1.54, 1.807) is 13.8 Å². The van der Waals surface area contributed by atoms with Crippen molar-refractivity contribution in [1.29, 1.82) is 0 Å². The standard InChI is InChI=1S/C10H13NO4S/c1-4-15-9(12)6-5(2)16-8(7(6)11)10(13)14-3/h4,11H2,1-3H3. The van der Waals surface area contributed by atoms with E-state index in [-0.39, 0.29) is 22.7 Å². The summed E-state index contributed by atoms with van der Waals surface area (Å²) in [6.07, 6.45) is 0. The highest BCUT2D eigenvalue weighted by Crippen LogP contribution is 2.31. The Bertz CT molecular complexity index is 425. The van der Waals surface area contributed by atoms with Gasteiger partial charge in [-0.3, -0.25) is 0 Å². The van der Waals surface area contributed by atoms with Gasteiger partial charge in [0, 0.05) is 4.88 Å². The van der Waals surface area contributed by atoms with E-state index >= 15 is 0 Å². The number of methoxy groups -OCH3 is 1.